The first-order chi connectivity index (χ1) is 23.5. The van der Waals surface area contributed by atoms with Crippen LogP contribution in [0.1, 0.15) is 75.6 Å². The number of hydrogen-bond donors (Lipinski definition) is 3. The minimum absolute atomic E-state index is 0.00271. The summed E-state index contributed by atoms with van der Waals surface area (Å²) >= 11 is 0. The van der Waals surface area contributed by atoms with Crippen LogP contribution in [0.2, 0.25) is 0 Å². The molecule has 5 rings (SSSR count). The van der Waals surface area contributed by atoms with Crippen LogP contribution in [0.15, 0.2) is 66.7 Å². The molecule has 2 heterocycles. The minimum Gasteiger partial charge on any atom is -0.493 e. The number of rotatable bonds is 14. The van der Waals surface area contributed by atoms with E-state index in [0.717, 1.165) is 38.5 Å². The second-order valence-corrected chi connectivity index (χ2v) is 12.6. The Kier molecular flexibility index (Phi) is 11.9. The van der Waals surface area contributed by atoms with Gasteiger partial charge in [-0.15, -0.1) is 0 Å². The number of methoxy groups -OCH3 is 1. The summed E-state index contributed by atoms with van der Waals surface area (Å²) in [4.78, 5) is 27.5. The van der Waals surface area contributed by atoms with Gasteiger partial charge in [-0.05, 0) is 112 Å². The molecule has 2 aliphatic rings. The van der Waals surface area contributed by atoms with Crippen molar-refractivity contribution in [2.45, 2.75) is 95.6 Å². The molecule has 264 valence electrons. The molecule has 3 N–H and O–H groups in total. The van der Waals surface area contributed by atoms with E-state index in [1.807, 2.05) is 13.8 Å². The maximum Gasteiger partial charge on any atom is 0.389 e. The van der Waals surface area contributed by atoms with E-state index in [-0.39, 0.29) is 42.6 Å². The number of urea groups is 1. The summed E-state index contributed by atoms with van der Waals surface area (Å²) in [6.07, 6.45) is 0.520. The smallest absolute Gasteiger partial charge is 0.389 e. The molecular formula is C37H45F3N4O5. The summed E-state index contributed by atoms with van der Waals surface area (Å²) in [6, 6.07) is 19.4. The molecule has 0 radical (unpaired) electrons. The standard InChI is InChI=1S/C37H45F3N4O5/c1-4-25(5-2)42-36(46)43-27-11-18-33(34(21-27)47-3)49-31-16-9-26(10-17-31)41-35(45)24-7-14-30(15-8-24)48-32-22-28-12-13-29(23-32)44(28)20-6-19-37(38,39)40/h7-11,14-18,21,25,28-29,32H,4-6,12-13,19-20,22-23H2,1-3H3,(H,41,45)(H2,42,43,46). The van der Waals surface area contributed by atoms with Crippen molar-refractivity contribution in [3.63, 3.8) is 0 Å². The number of nitrogens with one attached hydrogen (secondary N) is 3. The highest BCUT2D eigenvalue weighted by molar-refractivity contribution is 6.04. The highest BCUT2D eigenvalue weighted by Gasteiger charge is 2.41. The Balaban J connectivity index is 1.09. The van der Waals surface area contributed by atoms with Gasteiger partial charge < -0.3 is 30.2 Å². The Bertz CT molecular complexity index is 1530. The lowest BCUT2D eigenvalue weighted by Crippen LogP contribution is -2.46. The summed E-state index contributed by atoms with van der Waals surface area (Å²) in [6.45, 7) is 4.52. The van der Waals surface area contributed by atoms with Crippen LogP contribution in [-0.4, -0.2) is 60.9 Å². The number of carbonyl (C=O) groups excluding carboxylic acids is 2. The van der Waals surface area contributed by atoms with Gasteiger partial charge in [-0.3, -0.25) is 9.69 Å². The molecule has 2 aliphatic heterocycles. The predicted molar refractivity (Wildman–Crippen MR) is 183 cm³/mol. The highest BCUT2D eigenvalue weighted by Crippen LogP contribution is 2.38. The number of fused-ring (bicyclic) bond motifs is 2. The molecule has 3 aromatic rings. The monoisotopic (exact) mass is 682 g/mol. The van der Waals surface area contributed by atoms with Gasteiger partial charge in [0, 0.05) is 47.6 Å². The van der Waals surface area contributed by atoms with Crippen LogP contribution >= 0.6 is 0 Å². The summed E-state index contributed by atoms with van der Waals surface area (Å²) in [5.41, 5.74) is 1.63. The number of amides is 3. The van der Waals surface area contributed by atoms with Crippen LogP contribution in [0.25, 0.3) is 0 Å². The van der Waals surface area contributed by atoms with Crippen molar-refractivity contribution in [2.75, 3.05) is 24.3 Å². The number of alkyl halides is 3. The maximum atomic E-state index is 12.9. The molecule has 9 nitrogen and oxygen atoms in total. The van der Waals surface area contributed by atoms with Gasteiger partial charge in [-0.25, -0.2) is 4.79 Å². The van der Waals surface area contributed by atoms with E-state index in [1.54, 1.807) is 66.7 Å². The van der Waals surface area contributed by atoms with Crippen molar-refractivity contribution in [3.05, 3.63) is 72.3 Å². The Morgan fingerprint density at radius 3 is 2.10 bits per heavy atom. The second kappa shape index (κ2) is 16.3. The Morgan fingerprint density at radius 1 is 0.857 bits per heavy atom. The molecular weight excluding hydrogens is 637 g/mol. The van der Waals surface area contributed by atoms with E-state index >= 15 is 0 Å². The molecule has 0 saturated carbocycles. The van der Waals surface area contributed by atoms with E-state index in [4.69, 9.17) is 14.2 Å². The predicted octanol–water partition coefficient (Wildman–Crippen LogP) is 8.77. The molecule has 3 amide bonds. The number of carbonyl (C=O) groups is 2. The molecule has 2 saturated heterocycles. The van der Waals surface area contributed by atoms with E-state index in [0.29, 0.717) is 46.5 Å². The minimum atomic E-state index is -4.11. The average Bonchev–Trinajstić information content (AvgIpc) is 3.31. The van der Waals surface area contributed by atoms with Gasteiger partial charge in [0.25, 0.3) is 5.91 Å². The molecule has 49 heavy (non-hydrogen) atoms. The third kappa shape index (κ3) is 10.0. The lowest BCUT2D eigenvalue weighted by molar-refractivity contribution is -0.136. The van der Waals surface area contributed by atoms with E-state index in [1.165, 1.54) is 7.11 Å². The zero-order valence-electron chi connectivity index (χ0n) is 28.1. The van der Waals surface area contributed by atoms with Crippen LogP contribution < -0.4 is 30.2 Å². The quantitative estimate of drug-likeness (QED) is 0.157. The van der Waals surface area contributed by atoms with Gasteiger partial charge in [0.05, 0.1) is 7.11 Å². The molecule has 2 fully saturated rings. The molecule has 2 atom stereocenters. The SMILES string of the molecule is CCC(CC)NC(=O)Nc1ccc(Oc2ccc(NC(=O)c3ccc(OC4CC5CCC(C4)N5CCCC(F)(F)F)cc3)cc2)c(OC)c1. The number of hydrogen-bond acceptors (Lipinski definition) is 6. The molecule has 12 heteroatoms. The van der Waals surface area contributed by atoms with Crippen molar-refractivity contribution in [2.24, 2.45) is 0 Å². The van der Waals surface area contributed by atoms with E-state index < -0.39 is 12.6 Å². The lowest BCUT2D eigenvalue weighted by atomic mass is 9.99. The van der Waals surface area contributed by atoms with E-state index in [9.17, 15) is 22.8 Å². The Labute approximate surface area is 285 Å². The van der Waals surface area contributed by atoms with Crippen molar-refractivity contribution in [1.29, 1.82) is 0 Å². The molecule has 3 aromatic carbocycles. The van der Waals surface area contributed by atoms with Gasteiger partial charge in [-0.2, -0.15) is 13.2 Å². The number of nitrogens with zero attached hydrogens (tertiary/aromatic N) is 1. The fourth-order valence-corrected chi connectivity index (χ4v) is 6.64. The summed E-state index contributed by atoms with van der Waals surface area (Å²) in [5.74, 6) is 1.83. The van der Waals surface area contributed by atoms with Crippen molar-refractivity contribution in [1.82, 2.24) is 10.2 Å². The van der Waals surface area contributed by atoms with Gasteiger partial charge in [0.1, 0.15) is 17.6 Å². The average molecular weight is 683 g/mol. The second-order valence-electron chi connectivity index (χ2n) is 12.6. The number of benzene rings is 3. The van der Waals surface area contributed by atoms with Crippen molar-refractivity contribution in [3.8, 4) is 23.0 Å². The normalized spacial score (nSPS) is 19.0. The molecule has 2 bridgehead atoms. The highest BCUT2D eigenvalue weighted by atomic mass is 19.4. The van der Waals surface area contributed by atoms with Gasteiger partial charge >= 0.3 is 12.2 Å². The van der Waals surface area contributed by atoms with Crippen molar-refractivity contribution >= 4 is 23.3 Å². The van der Waals surface area contributed by atoms with Gasteiger partial charge in [-0.1, -0.05) is 13.8 Å². The summed E-state index contributed by atoms with van der Waals surface area (Å²) in [5, 5.41) is 8.65. The third-order valence-corrected chi connectivity index (χ3v) is 9.22. The van der Waals surface area contributed by atoms with Gasteiger partial charge in [0.2, 0.25) is 0 Å². The maximum absolute atomic E-state index is 12.9. The number of halogens is 3. The fraction of sp³-hybridized carbons (Fsp3) is 0.459. The zero-order valence-corrected chi connectivity index (χ0v) is 28.1. The number of anilines is 2. The molecule has 0 spiro atoms. The largest absolute Gasteiger partial charge is 0.493 e. The summed E-state index contributed by atoms with van der Waals surface area (Å²) < 4.78 is 55.5. The van der Waals surface area contributed by atoms with Crippen LogP contribution in [0.3, 0.4) is 0 Å². The first-order valence-corrected chi connectivity index (χ1v) is 17.0. The summed E-state index contributed by atoms with van der Waals surface area (Å²) in [7, 11) is 1.52. The molecule has 2 unspecified atom stereocenters. The van der Waals surface area contributed by atoms with Crippen LogP contribution in [-0.2, 0) is 0 Å². The zero-order chi connectivity index (χ0) is 35.0. The number of piperidine rings is 1. The first-order valence-electron chi connectivity index (χ1n) is 17.0. The Morgan fingerprint density at radius 2 is 1.49 bits per heavy atom. The van der Waals surface area contributed by atoms with Crippen molar-refractivity contribution < 1.29 is 37.0 Å². The molecule has 0 aromatic heterocycles. The molecule has 0 aliphatic carbocycles. The number of ether oxygens (including phenoxy) is 3. The lowest BCUT2D eigenvalue weighted by Gasteiger charge is -2.39. The van der Waals surface area contributed by atoms with Crippen LogP contribution in [0, 0.1) is 0 Å². The third-order valence-electron chi connectivity index (χ3n) is 9.22. The Hall–Kier alpha value is -4.45. The fourth-order valence-electron chi connectivity index (χ4n) is 6.64. The van der Waals surface area contributed by atoms with Crippen LogP contribution in [0.5, 0.6) is 23.0 Å². The van der Waals surface area contributed by atoms with Gasteiger partial charge in [0.15, 0.2) is 11.5 Å². The topological polar surface area (TPSA) is 101 Å². The first kappa shape index (κ1) is 35.8. The van der Waals surface area contributed by atoms with E-state index in [2.05, 4.69) is 20.9 Å². The van der Waals surface area contributed by atoms with Crippen LogP contribution in [0.4, 0.5) is 29.3 Å².